The van der Waals surface area contributed by atoms with Gasteiger partial charge in [-0.05, 0) is 24.0 Å². The number of nitrogens with zero attached hydrogens (tertiary/aromatic N) is 1. The van der Waals surface area contributed by atoms with E-state index in [0.717, 1.165) is 31.8 Å². The molecule has 19 heavy (non-hydrogen) atoms. The molecule has 6 heteroatoms. The summed E-state index contributed by atoms with van der Waals surface area (Å²) in [4.78, 5) is 23.0. The second-order valence-corrected chi connectivity index (χ2v) is 8.13. The minimum atomic E-state index is -0.182. The van der Waals surface area contributed by atoms with Crippen molar-refractivity contribution >= 4 is 46.4 Å². The van der Waals surface area contributed by atoms with Crippen LogP contribution in [0.2, 0.25) is 0 Å². The molecule has 0 spiro atoms. The summed E-state index contributed by atoms with van der Waals surface area (Å²) in [7, 11) is 0. The number of carbonyl (C=O) groups excluding carboxylic acids is 2. The number of halogens is 1. The molecule has 1 saturated heterocycles. The first-order chi connectivity index (χ1) is 8.81. The maximum absolute atomic E-state index is 11.6. The SMILES string of the molecule is CC(C)(C)CCOCCCSC1CC(=O)N(I)C1=O. The molecule has 0 aromatic rings. The van der Waals surface area contributed by atoms with E-state index in [-0.39, 0.29) is 17.1 Å². The van der Waals surface area contributed by atoms with Crippen molar-refractivity contribution in [3.05, 3.63) is 0 Å². The van der Waals surface area contributed by atoms with E-state index in [4.69, 9.17) is 4.74 Å². The molecule has 1 fully saturated rings. The van der Waals surface area contributed by atoms with Crippen LogP contribution in [0.1, 0.15) is 40.0 Å². The van der Waals surface area contributed by atoms with Crippen LogP contribution in [0, 0.1) is 5.41 Å². The van der Waals surface area contributed by atoms with Crippen molar-refractivity contribution in [1.29, 1.82) is 0 Å². The Labute approximate surface area is 133 Å². The standard InChI is InChI=1S/C13H22INO3S/c1-13(2,3)5-7-18-6-4-8-19-10-9-11(16)15(14)12(10)17/h10H,4-9H2,1-3H3. The van der Waals surface area contributed by atoms with E-state index in [0.29, 0.717) is 11.8 Å². The summed E-state index contributed by atoms with van der Waals surface area (Å²) in [5.74, 6) is 0.720. The number of hydrogen-bond acceptors (Lipinski definition) is 4. The fraction of sp³-hybridized carbons (Fsp3) is 0.846. The van der Waals surface area contributed by atoms with Crippen molar-refractivity contribution in [2.24, 2.45) is 5.41 Å². The van der Waals surface area contributed by atoms with E-state index in [2.05, 4.69) is 20.8 Å². The third kappa shape index (κ3) is 6.44. The number of carbonyl (C=O) groups is 2. The molecule has 0 N–H and O–H groups in total. The molecule has 1 unspecified atom stereocenters. The molecule has 4 nitrogen and oxygen atoms in total. The average molecular weight is 399 g/mol. The van der Waals surface area contributed by atoms with Gasteiger partial charge in [0.25, 0.3) is 5.91 Å². The Morgan fingerprint density at radius 2 is 2.05 bits per heavy atom. The Kier molecular flexibility index (Phi) is 7.10. The molecule has 110 valence electrons. The van der Waals surface area contributed by atoms with Crippen molar-refractivity contribution < 1.29 is 14.3 Å². The van der Waals surface area contributed by atoms with Gasteiger partial charge in [0.1, 0.15) is 0 Å². The number of hydrogen-bond donors (Lipinski definition) is 0. The third-order valence-corrected chi connectivity index (χ3v) is 5.10. The minimum Gasteiger partial charge on any atom is -0.381 e. The summed E-state index contributed by atoms with van der Waals surface area (Å²) in [6.07, 6.45) is 2.32. The maximum atomic E-state index is 11.6. The molecule has 1 aliphatic heterocycles. The fourth-order valence-electron chi connectivity index (χ4n) is 1.57. The van der Waals surface area contributed by atoms with Gasteiger partial charge in [0, 0.05) is 19.6 Å². The maximum Gasteiger partial charge on any atom is 0.251 e. The van der Waals surface area contributed by atoms with Crippen molar-refractivity contribution in [3.63, 3.8) is 0 Å². The largest absolute Gasteiger partial charge is 0.381 e. The Hall–Kier alpha value is 0.180. The molecule has 0 aromatic heterocycles. The van der Waals surface area contributed by atoms with Gasteiger partial charge in [-0.3, -0.25) is 9.59 Å². The molecule has 0 radical (unpaired) electrons. The molecule has 1 aliphatic rings. The summed E-state index contributed by atoms with van der Waals surface area (Å²) in [5, 5.41) is -0.182. The van der Waals surface area contributed by atoms with Gasteiger partial charge in [-0.2, -0.15) is 0 Å². The number of amides is 2. The van der Waals surface area contributed by atoms with Gasteiger partial charge in [0.15, 0.2) is 0 Å². The lowest BCUT2D eigenvalue weighted by Crippen LogP contribution is -2.21. The lowest BCUT2D eigenvalue weighted by atomic mass is 9.93. The molecule has 1 atom stereocenters. The second kappa shape index (κ2) is 7.83. The van der Waals surface area contributed by atoms with Gasteiger partial charge in [-0.15, -0.1) is 11.8 Å². The second-order valence-electron chi connectivity index (χ2n) is 5.85. The first-order valence-corrected chi connectivity index (χ1v) is 8.54. The van der Waals surface area contributed by atoms with Gasteiger partial charge in [-0.25, -0.2) is 3.11 Å². The molecular formula is C13H22INO3S. The highest BCUT2D eigenvalue weighted by Crippen LogP contribution is 2.27. The predicted molar refractivity (Wildman–Crippen MR) is 86.2 cm³/mol. The molecule has 1 rings (SSSR count). The van der Waals surface area contributed by atoms with Crippen LogP contribution in [0.25, 0.3) is 0 Å². The first-order valence-electron chi connectivity index (χ1n) is 6.53. The number of rotatable bonds is 7. The van der Waals surface area contributed by atoms with Crippen molar-refractivity contribution in [2.75, 3.05) is 19.0 Å². The molecule has 1 heterocycles. The molecule has 0 bridgehead atoms. The van der Waals surface area contributed by atoms with E-state index >= 15 is 0 Å². The van der Waals surface area contributed by atoms with Crippen LogP contribution < -0.4 is 0 Å². The molecular weight excluding hydrogens is 377 g/mol. The summed E-state index contributed by atoms with van der Waals surface area (Å²) >= 11 is 3.35. The molecule has 2 amide bonds. The zero-order chi connectivity index (χ0) is 14.5. The van der Waals surface area contributed by atoms with E-state index in [9.17, 15) is 9.59 Å². The van der Waals surface area contributed by atoms with Gasteiger partial charge in [-0.1, -0.05) is 20.8 Å². The van der Waals surface area contributed by atoms with Crippen LogP contribution in [0.3, 0.4) is 0 Å². The van der Waals surface area contributed by atoms with Gasteiger partial charge < -0.3 is 4.74 Å². The third-order valence-electron chi connectivity index (χ3n) is 2.80. The Morgan fingerprint density at radius 1 is 1.37 bits per heavy atom. The van der Waals surface area contributed by atoms with Gasteiger partial charge in [0.2, 0.25) is 5.91 Å². The van der Waals surface area contributed by atoms with Crippen molar-refractivity contribution in [2.45, 2.75) is 45.3 Å². The average Bonchev–Trinajstić information content (AvgIpc) is 2.54. The zero-order valence-electron chi connectivity index (χ0n) is 11.8. The van der Waals surface area contributed by atoms with Gasteiger partial charge >= 0.3 is 0 Å². The van der Waals surface area contributed by atoms with E-state index < -0.39 is 0 Å². The summed E-state index contributed by atoms with van der Waals surface area (Å²) < 4.78 is 6.77. The van der Waals surface area contributed by atoms with Crippen LogP contribution in [-0.4, -0.2) is 39.1 Å². The Bertz CT molecular complexity index is 330. The molecule has 0 aliphatic carbocycles. The number of ether oxygens (including phenoxy) is 1. The Morgan fingerprint density at radius 3 is 2.58 bits per heavy atom. The van der Waals surface area contributed by atoms with Crippen molar-refractivity contribution in [1.82, 2.24) is 3.11 Å². The first kappa shape index (κ1) is 17.2. The van der Waals surface area contributed by atoms with Gasteiger partial charge in [0.05, 0.1) is 28.1 Å². The topological polar surface area (TPSA) is 46.6 Å². The smallest absolute Gasteiger partial charge is 0.251 e. The minimum absolute atomic E-state index is 0.0655. The molecule has 0 saturated carbocycles. The van der Waals surface area contributed by atoms with E-state index in [1.54, 1.807) is 34.6 Å². The van der Waals surface area contributed by atoms with Crippen LogP contribution in [-0.2, 0) is 14.3 Å². The van der Waals surface area contributed by atoms with Crippen LogP contribution in [0.15, 0.2) is 0 Å². The molecule has 0 aromatic carbocycles. The number of thioether (sulfide) groups is 1. The quantitative estimate of drug-likeness (QED) is 0.286. The lowest BCUT2D eigenvalue weighted by Gasteiger charge is -2.17. The zero-order valence-corrected chi connectivity index (χ0v) is 14.8. The highest BCUT2D eigenvalue weighted by Gasteiger charge is 2.37. The van der Waals surface area contributed by atoms with Crippen LogP contribution in [0.5, 0.6) is 0 Å². The summed E-state index contributed by atoms with van der Waals surface area (Å²) in [6.45, 7) is 8.11. The number of imide groups is 1. The van der Waals surface area contributed by atoms with Crippen LogP contribution in [0.4, 0.5) is 0 Å². The lowest BCUT2D eigenvalue weighted by molar-refractivity contribution is -0.130. The summed E-state index contributed by atoms with van der Waals surface area (Å²) in [6, 6.07) is 0. The van der Waals surface area contributed by atoms with E-state index in [1.807, 2.05) is 0 Å². The highest BCUT2D eigenvalue weighted by molar-refractivity contribution is 14.1. The van der Waals surface area contributed by atoms with E-state index in [1.165, 1.54) is 3.11 Å². The van der Waals surface area contributed by atoms with Crippen molar-refractivity contribution in [3.8, 4) is 0 Å². The highest BCUT2D eigenvalue weighted by atomic mass is 127. The normalized spacial score (nSPS) is 20.4. The monoisotopic (exact) mass is 399 g/mol. The van der Waals surface area contributed by atoms with Crippen LogP contribution >= 0.6 is 34.6 Å². The summed E-state index contributed by atoms with van der Waals surface area (Å²) in [5.41, 5.74) is 0.315. The predicted octanol–water partition coefficient (Wildman–Crippen LogP) is 3.04. The Balaban J connectivity index is 2.03. The fourth-order valence-corrected chi connectivity index (χ4v) is 3.37.